The highest BCUT2D eigenvalue weighted by Gasteiger charge is 2.18. The van der Waals surface area contributed by atoms with Crippen molar-refractivity contribution in [3.8, 4) is 0 Å². The highest BCUT2D eigenvalue weighted by Crippen LogP contribution is 2.32. The molecule has 1 saturated heterocycles. The van der Waals surface area contributed by atoms with Gasteiger partial charge in [0.05, 0.1) is 28.8 Å². The van der Waals surface area contributed by atoms with E-state index >= 15 is 0 Å². The van der Waals surface area contributed by atoms with Crippen LogP contribution in [0.15, 0.2) is 12.1 Å². The van der Waals surface area contributed by atoms with Crippen LogP contribution in [0, 0.1) is 6.92 Å². The molecule has 0 atom stereocenters. The molecule has 1 aromatic carbocycles. The Morgan fingerprint density at radius 1 is 1.20 bits per heavy atom. The second-order valence-corrected chi connectivity index (χ2v) is 6.23. The Bertz CT molecular complexity index is 483. The first-order valence-electron chi connectivity index (χ1n) is 7.16. The number of carbonyl (C=O) groups excluding carboxylic acids is 1. The summed E-state index contributed by atoms with van der Waals surface area (Å²) >= 11 is 12.3. The third kappa shape index (κ3) is 4.11. The molecule has 110 valence electrons. The fraction of sp³-hybridized carbons (Fsp3) is 0.533. The maximum Gasteiger partial charge on any atom is 0.279 e. The van der Waals surface area contributed by atoms with Crippen molar-refractivity contribution in [2.45, 2.75) is 32.6 Å². The second kappa shape index (κ2) is 7.30. The molecule has 2 N–H and O–H groups in total. The standard InChI is InChI=1S/C15H20Cl2N2O/c1-11-6-7-12(16)15(14(11)17)18-13(20)10-19-8-4-2-3-5-9-19/h6-7H,2-5,8-10H2,1H3,(H,18,20)/p+1. The van der Waals surface area contributed by atoms with E-state index in [2.05, 4.69) is 5.32 Å². The van der Waals surface area contributed by atoms with Gasteiger partial charge in [-0.2, -0.15) is 0 Å². The zero-order valence-corrected chi connectivity index (χ0v) is 13.3. The van der Waals surface area contributed by atoms with Gasteiger partial charge in [-0.3, -0.25) is 4.79 Å². The van der Waals surface area contributed by atoms with Crippen LogP contribution in [0.25, 0.3) is 0 Å². The molecule has 1 aliphatic rings. The number of anilines is 1. The quantitative estimate of drug-likeness (QED) is 0.883. The summed E-state index contributed by atoms with van der Waals surface area (Å²) in [5.41, 5.74) is 1.45. The summed E-state index contributed by atoms with van der Waals surface area (Å²) in [6.07, 6.45) is 4.96. The Kier molecular flexibility index (Phi) is 5.70. The number of aryl methyl sites for hydroxylation is 1. The van der Waals surface area contributed by atoms with Gasteiger partial charge >= 0.3 is 0 Å². The first kappa shape index (κ1) is 15.6. The van der Waals surface area contributed by atoms with Crippen molar-refractivity contribution in [1.82, 2.24) is 0 Å². The molecule has 0 saturated carbocycles. The molecule has 1 fully saturated rings. The minimum absolute atomic E-state index is 0.0173. The lowest BCUT2D eigenvalue weighted by Gasteiger charge is -2.17. The van der Waals surface area contributed by atoms with Crippen molar-refractivity contribution in [3.63, 3.8) is 0 Å². The van der Waals surface area contributed by atoms with Gasteiger partial charge in [0.1, 0.15) is 0 Å². The summed E-state index contributed by atoms with van der Waals surface area (Å²) in [5, 5.41) is 3.87. The average Bonchev–Trinajstić information content (AvgIpc) is 2.68. The van der Waals surface area contributed by atoms with Crippen LogP contribution in [0.3, 0.4) is 0 Å². The number of likely N-dealkylation sites (tertiary alicyclic amines) is 1. The van der Waals surface area contributed by atoms with E-state index in [1.54, 1.807) is 6.07 Å². The SMILES string of the molecule is Cc1ccc(Cl)c(NC(=O)C[NH+]2CCCCCC2)c1Cl. The van der Waals surface area contributed by atoms with Crippen LogP contribution in [-0.4, -0.2) is 25.5 Å². The smallest absolute Gasteiger partial charge is 0.279 e. The van der Waals surface area contributed by atoms with Gasteiger partial charge in [-0.1, -0.05) is 29.3 Å². The molecule has 3 nitrogen and oxygen atoms in total. The number of rotatable bonds is 3. The molecule has 0 spiro atoms. The van der Waals surface area contributed by atoms with E-state index in [4.69, 9.17) is 23.2 Å². The molecule has 20 heavy (non-hydrogen) atoms. The largest absolute Gasteiger partial charge is 0.327 e. The lowest BCUT2D eigenvalue weighted by molar-refractivity contribution is -0.890. The molecule has 1 aliphatic heterocycles. The van der Waals surface area contributed by atoms with E-state index in [0.29, 0.717) is 22.3 Å². The monoisotopic (exact) mass is 315 g/mol. The minimum atomic E-state index is -0.0173. The molecule has 2 rings (SSSR count). The van der Waals surface area contributed by atoms with Gasteiger partial charge in [-0.15, -0.1) is 0 Å². The molecule has 0 radical (unpaired) electrons. The van der Waals surface area contributed by atoms with Gasteiger partial charge in [-0.05, 0) is 44.2 Å². The molecule has 0 bridgehead atoms. The Morgan fingerprint density at radius 3 is 2.50 bits per heavy atom. The van der Waals surface area contributed by atoms with Crippen LogP contribution in [0.2, 0.25) is 10.0 Å². The van der Waals surface area contributed by atoms with Crippen molar-refractivity contribution < 1.29 is 9.69 Å². The molecule has 1 amide bonds. The van der Waals surface area contributed by atoms with E-state index in [9.17, 15) is 4.79 Å². The summed E-state index contributed by atoms with van der Waals surface area (Å²) in [6, 6.07) is 3.61. The fourth-order valence-electron chi connectivity index (χ4n) is 2.59. The number of nitrogens with one attached hydrogen (secondary N) is 2. The molecule has 1 aromatic rings. The second-order valence-electron chi connectivity index (χ2n) is 5.44. The van der Waals surface area contributed by atoms with Crippen LogP contribution < -0.4 is 10.2 Å². The van der Waals surface area contributed by atoms with Gasteiger partial charge in [-0.25, -0.2) is 0 Å². The van der Waals surface area contributed by atoms with Crippen molar-refractivity contribution in [3.05, 3.63) is 27.7 Å². The molecule has 5 heteroatoms. The van der Waals surface area contributed by atoms with Gasteiger partial charge in [0, 0.05) is 0 Å². The number of hydrogen-bond donors (Lipinski definition) is 2. The maximum absolute atomic E-state index is 12.2. The first-order chi connectivity index (χ1) is 9.58. The third-order valence-corrected chi connectivity index (χ3v) is 4.57. The number of benzene rings is 1. The lowest BCUT2D eigenvalue weighted by atomic mass is 10.2. The van der Waals surface area contributed by atoms with E-state index < -0.39 is 0 Å². The molecular formula is C15H21Cl2N2O+. The summed E-state index contributed by atoms with van der Waals surface area (Å²) in [7, 11) is 0. The summed E-state index contributed by atoms with van der Waals surface area (Å²) in [5.74, 6) is -0.0173. The first-order valence-corrected chi connectivity index (χ1v) is 7.91. The van der Waals surface area contributed by atoms with E-state index in [1.807, 2.05) is 13.0 Å². The highest BCUT2D eigenvalue weighted by atomic mass is 35.5. The van der Waals surface area contributed by atoms with E-state index in [1.165, 1.54) is 30.6 Å². The minimum Gasteiger partial charge on any atom is -0.327 e. The van der Waals surface area contributed by atoms with E-state index in [-0.39, 0.29) is 5.91 Å². The van der Waals surface area contributed by atoms with Crippen LogP contribution in [0.4, 0.5) is 5.69 Å². The van der Waals surface area contributed by atoms with Crippen LogP contribution in [-0.2, 0) is 4.79 Å². The maximum atomic E-state index is 12.2. The summed E-state index contributed by atoms with van der Waals surface area (Å²) in [6.45, 7) is 4.53. The Hall–Kier alpha value is -0.770. The predicted molar refractivity (Wildman–Crippen MR) is 83.9 cm³/mol. The Labute approximate surface area is 130 Å². The summed E-state index contributed by atoms with van der Waals surface area (Å²) < 4.78 is 0. The molecule has 0 aliphatic carbocycles. The van der Waals surface area contributed by atoms with Crippen LogP contribution >= 0.6 is 23.2 Å². The van der Waals surface area contributed by atoms with Gasteiger partial charge in [0.25, 0.3) is 5.91 Å². The van der Waals surface area contributed by atoms with Crippen molar-refractivity contribution in [2.75, 3.05) is 25.0 Å². The molecule has 0 unspecified atom stereocenters. The van der Waals surface area contributed by atoms with Crippen molar-refractivity contribution in [2.24, 2.45) is 0 Å². The number of halogens is 2. The van der Waals surface area contributed by atoms with E-state index in [0.717, 1.165) is 18.7 Å². The average molecular weight is 316 g/mol. The topological polar surface area (TPSA) is 33.5 Å². The Balaban J connectivity index is 1.99. The lowest BCUT2D eigenvalue weighted by Crippen LogP contribution is -3.12. The fourth-order valence-corrected chi connectivity index (χ4v) is 3.05. The van der Waals surface area contributed by atoms with Crippen molar-refractivity contribution >= 4 is 34.8 Å². The van der Waals surface area contributed by atoms with Gasteiger partial charge in [0.2, 0.25) is 0 Å². The molecule has 1 heterocycles. The molecule has 0 aromatic heterocycles. The number of quaternary nitrogens is 1. The zero-order valence-electron chi connectivity index (χ0n) is 11.8. The normalized spacial score (nSPS) is 16.8. The molecular weight excluding hydrogens is 295 g/mol. The van der Waals surface area contributed by atoms with Gasteiger partial charge < -0.3 is 10.2 Å². The predicted octanol–water partition coefficient (Wildman–Crippen LogP) is 2.70. The Morgan fingerprint density at radius 2 is 1.85 bits per heavy atom. The number of amides is 1. The number of hydrogen-bond acceptors (Lipinski definition) is 1. The number of carbonyl (C=O) groups is 1. The summed E-state index contributed by atoms with van der Waals surface area (Å²) in [4.78, 5) is 13.5. The highest BCUT2D eigenvalue weighted by molar-refractivity contribution is 6.40. The van der Waals surface area contributed by atoms with Gasteiger partial charge in [0.15, 0.2) is 6.54 Å². The third-order valence-electron chi connectivity index (χ3n) is 3.77. The van der Waals surface area contributed by atoms with Crippen LogP contribution in [0.5, 0.6) is 0 Å². The van der Waals surface area contributed by atoms with Crippen molar-refractivity contribution in [1.29, 1.82) is 0 Å². The zero-order chi connectivity index (χ0) is 14.5. The van der Waals surface area contributed by atoms with Crippen LogP contribution in [0.1, 0.15) is 31.2 Å².